The molecular formula is C19H23FN2O3. The summed E-state index contributed by atoms with van der Waals surface area (Å²) < 4.78 is 18.1. The third-order valence-corrected chi connectivity index (χ3v) is 3.71. The maximum atomic E-state index is 13.0. The number of aliphatic hydroxyl groups excluding tert-OH is 1. The highest BCUT2D eigenvalue weighted by atomic mass is 19.1. The molecule has 0 fully saturated rings. The molecule has 2 aromatic rings. The fourth-order valence-corrected chi connectivity index (χ4v) is 2.52. The number of methoxy groups -OCH3 is 1. The van der Waals surface area contributed by atoms with Crippen molar-refractivity contribution in [3.63, 3.8) is 0 Å². The molecule has 25 heavy (non-hydrogen) atoms. The van der Waals surface area contributed by atoms with Gasteiger partial charge in [0.2, 0.25) is 5.88 Å². The minimum Gasteiger partial charge on any atom is -0.481 e. The average Bonchev–Trinajstić information content (AvgIpc) is 2.60. The van der Waals surface area contributed by atoms with Gasteiger partial charge in [0.05, 0.1) is 19.8 Å². The molecule has 0 aliphatic heterocycles. The van der Waals surface area contributed by atoms with Crippen molar-refractivity contribution in [2.24, 2.45) is 5.92 Å². The van der Waals surface area contributed by atoms with Crippen molar-refractivity contribution in [3.8, 4) is 5.88 Å². The molecule has 1 aromatic heterocycles. The van der Waals surface area contributed by atoms with Gasteiger partial charge in [0.15, 0.2) is 0 Å². The zero-order valence-corrected chi connectivity index (χ0v) is 14.6. The second-order valence-corrected chi connectivity index (χ2v) is 6.26. The summed E-state index contributed by atoms with van der Waals surface area (Å²) in [5, 5.41) is 10.4. The number of rotatable bonds is 7. The standard InChI is InChI=1S/C19H23FN2O3/c1-13(2)11-22(12-17(23)14-4-6-16(20)7-5-14)19(24)15-8-9-21-18(10-15)25-3/h4-10,13,17,23H,11-12H2,1-3H3. The molecule has 0 saturated carbocycles. The first-order chi connectivity index (χ1) is 11.9. The third-order valence-electron chi connectivity index (χ3n) is 3.71. The van der Waals surface area contributed by atoms with Crippen LogP contribution in [0.4, 0.5) is 4.39 Å². The lowest BCUT2D eigenvalue weighted by atomic mass is 10.1. The van der Waals surface area contributed by atoms with Crippen molar-refractivity contribution >= 4 is 5.91 Å². The maximum Gasteiger partial charge on any atom is 0.254 e. The van der Waals surface area contributed by atoms with Gasteiger partial charge >= 0.3 is 0 Å². The van der Waals surface area contributed by atoms with Crippen LogP contribution in [0.2, 0.25) is 0 Å². The van der Waals surface area contributed by atoms with Crippen molar-refractivity contribution in [2.75, 3.05) is 20.2 Å². The summed E-state index contributed by atoms with van der Waals surface area (Å²) in [6.07, 6.45) is 0.614. The molecule has 0 bridgehead atoms. The van der Waals surface area contributed by atoms with Crippen LogP contribution < -0.4 is 4.74 Å². The largest absolute Gasteiger partial charge is 0.481 e. The van der Waals surface area contributed by atoms with Gasteiger partial charge in [-0.25, -0.2) is 9.37 Å². The Morgan fingerprint density at radius 2 is 1.92 bits per heavy atom. The first kappa shape index (κ1) is 18.9. The minimum atomic E-state index is -0.896. The molecule has 0 aliphatic rings. The molecule has 5 nitrogen and oxygen atoms in total. The molecule has 0 radical (unpaired) electrons. The Kier molecular flexibility index (Phi) is 6.47. The van der Waals surface area contributed by atoms with Crippen LogP contribution in [0.25, 0.3) is 0 Å². The van der Waals surface area contributed by atoms with E-state index in [9.17, 15) is 14.3 Å². The Morgan fingerprint density at radius 3 is 2.52 bits per heavy atom. The van der Waals surface area contributed by atoms with Crippen LogP contribution in [0.5, 0.6) is 5.88 Å². The number of halogens is 1. The van der Waals surface area contributed by atoms with E-state index in [0.717, 1.165) is 0 Å². The molecule has 2 rings (SSSR count). The van der Waals surface area contributed by atoms with Gasteiger partial charge in [-0.05, 0) is 29.7 Å². The third kappa shape index (κ3) is 5.26. The fourth-order valence-electron chi connectivity index (χ4n) is 2.52. The summed E-state index contributed by atoms with van der Waals surface area (Å²) in [5.41, 5.74) is 1.01. The van der Waals surface area contributed by atoms with Crippen LogP contribution >= 0.6 is 0 Å². The Bertz CT molecular complexity index is 704. The number of carbonyl (C=O) groups is 1. The maximum absolute atomic E-state index is 13.0. The lowest BCUT2D eigenvalue weighted by Crippen LogP contribution is -2.37. The Morgan fingerprint density at radius 1 is 1.24 bits per heavy atom. The SMILES string of the molecule is COc1cc(C(=O)N(CC(C)C)CC(O)c2ccc(F)cc2)ccn1. The molecule has 6 heteroatoms. The van der Waals surface area contributed by atoms with Crippen LogP contribution in [0.3, 0.4) is 0 Å². The van der Waals surface area contributed by atoms with Gasteiger partial charge in [0.25, 0.3) is 5.91 Å². The van der Waals surface area contributed by atoms with E-state index in [0.29, 0.717) is 23.6 Å². The summed E-state index contributed by atoms with van der Waals surface area (Å²) in [5.74, 6) is 0.00744. The molecule has 1 aromatic carbocycles. The first-order valence-corrected chi connectivity index (χ1v) is 8.13. The topological polar surface area (TPSA) is 62.7 Å². The quantitative estimate of drug-likeness (QED) is 0.837. The Hall–Kier alpha value is -2.47. The van der Waals surface area contributed by atoms with E-state index >= 15 is 0 Å². The number of pyridine rings is 1. The van der Waals surface area contributed by atoms with E-state index in [1.54, 1.807) is 17.0 Å². The van der Waals surface area contributed by atoms with Crippen LogP contribution in [0.15, 0.2) is 42.6 Å². The van der Waals surface area contributed by atoms with Crippen molar-refractivity contribution < 1.29 is 19.0 Å². The Labute approximate surface area is 147 Å². The van der Waals surface area contributed by atoms with Crippen molar-refractivity contribution in [2.45, 2.75) is 20.0 Å². The van der Waals surface area contributed by atoms with Gasteiger partial charge in [0, 0.05) is 24.4 Å². The highest BCUT2D eigenvalue weighted by Crippen LogP contribution is 2.18. The fraction of sp³-hybridized carbons (Fsp3) is 0.368. The van der Waals surface area contributed by atoms with Gasteiger partial charge in [-0.3, -0.25) is 4.79 Å². The highest BCUT2D eigenvalue weighted by molar-refractivity contribution is 5.94. The average molecular weight is 346 g/mol. The second-order valence-electron chi connectivity index (χ2n) is 6.26. The second kappa shape index (κ2) is 8.58. The summed E-state index contributed by atoms with van der Waals surface area (Å²) in [4.78, 5) is 18.4. The summed E-state index contributed by atoms with van der Waals surface area (Å²) in [7, 11) is 1.49. The molecule has 1 atom stereocenters. The van der Waals surface area contributed by atoms with Crippen molar-refractivity contribution in [1.29, 1.82) is 0 Å². The summed E-state index contributed by atoms with van der Waals surface area (Å²) in [6, 6.07) is 8.81. The number of ether oxygens (including phenoxy) is 1. The van der Waals surface area contributed by atoms with Crippen LogP contribution in [0, 0.1) is 11.7 Å². The predicted octanol–water partition coefficient (Wildman–Crippen LogP) is 3.06. The zero-order valence-electron chi connectivity index (χ0n) is 14.6. The van der Waals surface area contributed by atoms with E-state index in [-0.39, 0.29) is 24.2 Å². The molecular weight excluding hydrogens is 323 g/mol. The van der Waals surface area contributed by atoms with Gasteiger partial charge in [-0.15, -0.1) is 0 Å². The molecule has 1 amide bonds. The minimum absolute atomic E-state index is 0.118. The molecule has 0 aliphatic carbocycles. The molecule has 0 saturated heterocycles. The van der Waals surface area contributed by atoms with E-state index in [2.05, 4.69) is 4.98 Å². The number of aromatic nitrogens is 1. The number of hydrogen-bond acceptors (Lipinski definition) is 4. The lowest BCUT2D eigenvalue weighted by Gasteiger charge is -2.27. The van der Waals surface area contributed by atoms with Crippen LogP contribution in [-0.4, -0.2) is 41.1 Å². The zero-order chi connectivity index (χ0) is 18.4. The van der Waals surface area contributed by atoms with Gasteiger partial charge in [-0.2, -0.15) is 0 Å². The van der Waals surface area contributed by atoms with Crippen LogP contribution in [-0.2, 0) is 0 Å². The molecule has 1 N–H and O–H groups in total. The smallest absolute Gasteiger partial charge is 0.254 e. The van der Waals surface area contributed by atoms with E-state index < -0.39 is 6.10 Å². The monoisotopic (exact) mass is 346 g/mol. The number of carbonyl (C=O) groups excluding carboxylic acids is 1. The molecule has 0 spiro atoms. The van der Waals surface area contributed by atoms with Crippen LogP contribution in [0.1, 0.15) is 35.9 Å². The van der Waals surface area contributed by atoms with Gasteiger partial charge < -0.3 is 14.7 Å². The summed E-state index contributed by atoms with van der Waals surface area (Å²) >= 11 is 0. The highest BCUT2D eigenvalue weighted by Gasteiger charge is 2.21. The first-order valence-electron chi connectivity index (χ1n) is 8.13. The number of amides is 1. The molecule has 134 valence electrons. The number of hydrogen-bond donors (Lipinski definition) is 1. The summed E-state index contributed by atoms with van der Waals surface area (Å²) in [6.45, 7) is 4.60. The molecule has 1 heterocycles. The predicted molar refractivity (Wildman–Crippen MR) is 92.9 cm³/mol. The van der Waals surface area contributed by atoms with E-state index in [1.807, 2.05) is 13.8 Å². The number of nitrogens with zero attached hydrogens (tertiary/aromatic N) is 2. The number of benzene rings is 1. The normalized spacial score (nSPS) is 12.1. The van der Waals surface area contributed by atoms with Gasteiger partial charge in [-0.1, -0.05) is 26.0 Å². The van der Waals surface area contributed by atoms with Gasteiger partial charge in [0.1, 0.15) is 5.82 Å². The Balaban J connectivity index is 2.19. The van der Waals surface area contributed by atoms with E-state index in [1.165, 1.54) is 37.6 Å². The molecule has 1 unspecified atom stereocenters. The van der Waals surface area contributed by atoms with E-state index in [4.69, 9.17) is 4.74 Å². The van der Waals surface area contributed by atoms with Crippen molar-refractivity contribution in [1.82, 2.24) is 9.88 Å². The lowest BCUT2D eigenvalue weighted by molar-refractivity contribution is 0.0594. The number of aliphatic hydroxyl groups is 1. The van der Waals surface area contributed by atoms with Crippen molar-refractivity contribution in [3.05, 3.63) is 59.5 Å².